The molecule has 1 aromatic heterocycles. The number of methoxy groups -OCH3 is 1. The van der Waals surface area contributed by atoms with Gasteiger partial charge in [-0.15, -0.1) is 0 Å². The summed E-state index contributed by atoms with van der Waals surface area (Å²) in [4.78, 5) is 29.1. The fourth-order valence-electron chi connectivity index (χ4n) is 1.67. The largest absolute Gasteiger partial charge is 0.465 e. The summed E-state index contributed by atoms with van der Waals surface area (Å²) in [6.07, 6.45) is 1.55. The lowest BCUT2D eigenvalue weighted by atomic mass is 10.2. The molecule has 0 spiro atoms. The van der Waals surface area contributed by atoms with Crippen LogP contribution < -0.4 is 5.32 Å². The van der Waals surface area contributed by atoms with Crippen LogP contribution in [0.4, 0.5) is 5.82 Å². The summed E-state index contributed by atoms with van der Waals surface area (Å²) in [6.45, 7) is 5.25. The maximum absolute atomic E-state index is 11.8. The van der Waals surface area contributed by atoms with Gasteiger partial charge in [0.25, 0.3) is 0 Å². The Morgan fingerprint density at radius 3 is 2.63 bits per heavy atom. The Bertz CT molecular complexity index is 445. The van der Waals surface area contributed by atoms with Crippen molar-refractivity contribution < 1.29 is 14.3 Å². The molecule has 0 saturated heterocycles. The first kappa shape index (κ1) is 14.9. The van der Waals surface area contributed by atoms with Gasteiger partial charge < -0.3 is 15.0 Å². The van der Waals surface area contributed by atoms with Gasteiger partial charge in [-0.3, -0.25) is 4.79 Å². The molecule has 0 aliphatic heterocycles. The summed E-state index contributed by atoms with van der Waals surface area (Å²) in [6, 6.07) is 3.24. The van der Waals surface area contributed by atoms with E-state index in [1.165, 1.54) is 7.11 Å². The summed E-state index contributed by atoms with van der Waals surface area (Å²) in [5.41, 5.74) is 0.317. The molecule has 104 valence electrons. The van der Waals surface area contributed by atoms with Gasteiger partial charge in [0.2, 0.25) is 5.91 Å². The Morgan fingerprint density at radius 1 is 1.37 bits per heavy atom. The number of anilines is 1. The Hall–Kier alpha value is -2.11. The second-order valence-corrected chi connectivity index (χ2v) is 3.81. The molecule has 1 heterocycles. The number of carbonyl (C=O) groups is 2. The summed E-state index contributed by atoms with van der Waals surface area (Å²) >= 11 is 0. The third-order valence-corrected chi connectivity index (χ3v) is 2.74. The Labute approximate surface area is 112 Å². The zero-order valence-electron chi connectivity index (χ0n) is 11.5. The van der Waals surface area contributed by atoms with Crippen LogP contribution in [-0.2, 0) is 9.53 Å². The quantitative estimate of drug-likeness (QED) is 0.781. The number of nitrogens with zero attached hydrogens (tertiary/aromatic N) is 2. The normalized spacial score (nSPS) is 9.84. The molecule has 6 heteroatoms. The first-order valence-electron chi connectivity index (χ1n) is 6.19. The van der Waals surface area contributed by atoms with Crippen LogP contribution >= 0.6 is 0 Å². The topological polar surface area (TPSA) is 71.5 Å². The van der Waals surface area contributed by atoms with E-state index in [0.29, 0.717) is 24.5 Å². The summed E-state index contributed by atoms with van der Waals surface area (Å²) < 4.78 is 4.66. The molecular weight excluding hydrogens is 246 g/mol. The molecule has 0 fully saturated rings. The number of pyridine rings is 1. The van der Waals surface area contributed by atoms with Crippen molar-refractivity contribution in [3.8, 4) is 0 Å². The molecule has 1 rings (SSSR count). The molecule has 0 unspecified atom stereocenters. The van der Waals surface area contributed by atoms with Crippen LogP contribution in [0.15, 0.2) is 18.3 Å². The van der Waals surface area contributed by atoms with Crippen molar-refractivity contribution in [2.75, 3.05) is 32.1 Å². The lowest BCUT2D eigenvalue weighted by Crippen LogP contribution is -2.35. The van der Waals surface area contributed by atoms with Crippen molar-refractivity contribution in [1.29, 1.82) is 0 Å². The third kappa shape index (κ3) is 3.94. The van der Waals surface area contributed by atoms with Crippen LogP contribution in [0.3, 0.4) is 0 Å². The van der Waals surface area contributed by atoms with E-state index in [0.717, 1.165) is 0 Å². The molecule has 19 heavy (non-hydrogen) atoms. The van der Waals surface area contributed by atoms with Gasteiger partial charge in [0.15, 0.2) is 0 Å². The van der Waals surface area contributed by atoms with Crippen LogP contribution in [0, 0.1) is 0 Å². The van der Waals surface area contributed by atoms with E-state index in [4.69, 9.17) is 0 Å². The molecule has 0 saturated carbocycles. The molecule has 0 radical (unpaired) electrons. The number of likely N-dealkylation sites (N-methyl/N-ethyl adjacent to an activating group) is 1. The first-order valence-corrected chi connectivity index (χ1v) is 6.19. The average Bonchev–Trinajstić information content (AvgIpc) is 2.45. The van der Waals surface area contributed by atoms with Gasteiger partial charge in [-0.05, 0) is 26.0 Å². The minimum atomic E-state index is -0.481. The van der Waals surface area contributed by atoms with E-state index >= 15 is 0 Å². The predicted octanol–water partition coefficient (Wildman–Crippen LogP) is 1.15. The van der Waals surface area contributed by atoms with Crippen molar-refractivity contribution in [3.05, 3.63) is 23.9 Å². The average molecular weight is 265 g/mol. The number of rotatable bonds is 6. The van der Waals surface area contributed by atoms with Crippen LogP contribution in [0.5, 0.6) is 0 Å². The van der Waals surface area contributed by atoms with Crippen molar-refractivity contribution >= 4 is 17.7 Å². The first-order chi connectivity index (χ1) is 9.13. The number of amides is 1. The molecule has 0 aromatic carbocycles. The van der Waals surface area contributed by atoms with Crippen LogP contribution in [0.25, 0.3) is 0 Å². The van der Waals surface area contributed by atoms with Crippen molar-refractivity contribution in [3.63, 3.8) is 0 Å². The third-order valence-electron chi connectivity index (χ3n) is 2.74. The lowest BCUT2D eigenvalue weighted by molar-refractivity contribution is -0.128. The fraction of sp³-hybridized carbons (Fsp3) is 0.462. The van der Waals surface area contributed by atoms with Gasteiger partial charge in [-0.1, -0.05) is 0 Å². The summed E-state index contributed by atoms with van der Waals surface area (Å²) in [5.74, 6) is -0.160. The van der Waals surface area contributed by atoms with E-state index in [9.17, 15) is 9.59 Å². The minimum Gasteiger partial charge on any atom is -0.465 e. The smallest absolute Gasteiger partial charge is 0.341 e. The Morgan fingerprint density at radius 2 is 2.05 bits per heavy atom. The second kappa shape index (κ2) is 7.35. The molecule has 0 atom stereocenters. The molecule has 1 N–H and O–H groups in total. The molecule has 0 aliphatic carbocycles. The zero-order valence-corrected chi connectivity index (χ0v) is 11.5. The van der Waals surface area contributed by atoms with Gasteiger partial charge in [0, 0.05) is 19.3 Å². The highest BCUT2D eigenvalue weighted by Crippen LogP contribution is 2.12. The molecule has 0 bridgehead atoms. The number of hydrogen-bond acceptors (Lipinski definition) is 5. The van der Waals surface area contributed by atoms with Gasteiger partial charge in [0.1, 0.15) is 11.4 Å². The standard InChI is InChI=1S/C13H19N3O3/c1-4-16(5-2)11(17)9-15-12-10(13(18)19-3)7-6-8-14-12/h6-8H,4-5,9H2,1-3H3,(H,14,15). The van der Waals surface area contributed by atoms with Gasteiger partial charge in [0.05, 0.1) is 13.7 Å². The summed E-state index contributed by atoms with van der Waals surface area (Å²) in [5, 5.41) is 2.87. The maximum Gasteiger partial charge on any atom is 0.341 e. The maximum atomic E-state index is 11.8. The summed E-state index contributed by atoms with van der Waals surface area (Å²) in [7, 11) is 1.31. The number of esters is 1. The highest BCUT2D eigenvalue weighted by atomic mass is 16.5. The lowest BCUT2D eigenvalue weighted by Gasteiger charge is -2.19. The van der Waals surface area contributed by atoms with Gasteiger partial charge in [-0.25, -0.2) is 9.78 Å². The van der Waals surface area contributed by atoms with Crippen LogP contribution in [0.2, 0.25) is 0 Å². The van der Waals surface area contributed by atoms with Crippen molar-refractivity contribution in [1.82, 2.24) is 9.88 Å². The Balaban J connectivity index is 2.73. The number of carbonyl (C=O) groups excluding carboxylic acids is 2. The minimum absolute atomic E-state index is 0.0357. The molecule has 1 amide bonds. The van der Waals surface area contributed by atoms with E-state index in [1.54, 1.807) is 23.2 Å². The molecule has 0 aliphatic rings. The SMILES string of the molecule is CCN(CC)C(=O)CNc1ncccc1C(=O)OC. The monoisotopic (exact) mass is 265 g/mol. The number of nitrogens with one attached hydrogen (secondary N) is 1. The van der Waals surface area contributed by atoms with Crippen LogP contribution in [0.1, 0.15) is 24.2 Å². The van der Waals surface area contributed by atoms with E-state index in [-0.39, 0.29) is 12.5 Å². The van der Waals surface area contributed by atoms with Crippen molar-refractivity contribution in [2.45, 2.75) is 13.8 Å². The second-order valence-electron chi connectivity index (χ2n) is 3.81. The number of aromatic nitrogens is 1. The zero-order chi connectivity index (χ0) is 14.3. The molecule has 6 nitrogen and oxygen atoms in total. The molecular formula is C13H19N3O3. The predicted molar refractivity (Wildman–Crippen MR) is 72.0 cm³/mol. The highest BCUT2D eigenvalue weighted by Gasteiger charge is 2.14. The molecule has 1 aromatic rings. The van der Waals surface area contributed by atoms with E-state index in [1.807, 2.05) is 13.8 Å². The number of hydrogen-bond donors (Lipinski definition) is 1. The number of ether oxygens (including phenoxy) is 1. The van der Waals surface area contributed by atoms with Crippen LogP contribution in [-0.4, -0.2) is 48.5 Å². The Kier molecular flexibility index (Phi) is 5.78. The fourth-order valence-corrected chi connectivity index (χ4v) is 1.67. The van der Waals surface area contributed by atoms with E-state index in [2.05, 4.69) is 15.0 Å². The highest BCUT2D eigenvalue weighted by molar-refractivity contribution is 5.95. The van der Waals surface area contributed by atoms with Gasteiger partial charge >= 0.3 is 5.97 Å². The van der Waals surface area contributed by atoms with Gasteiger partial charge in [-0.2, -0.15) is 0 Å². The van der Waals surface area contributed by atoms with E-state index < -0.39 is 5.97 Å². The van der Waals surface area contributed by atoms with Crippen molar-refractivity contribution in [2.24, 2.45) is 0 Å².